The molecule has 0 atom stereocenters. The van der Waals surface area contributed by atoms with Gasteiger partial charge in [-0.1, -0.05) is 0 Å². The van der Waals surface area contributed by atoms with Crippen molar-refractivity contribution in [1.29, 1.82) is 0 Å². The predicted octanol–water partition coefficient (Wildman–Crippen LogP) is 0.968. The van der Waals surface area contributed by atoms with Crippen LogP contribution in [-0.2, 0) is 0 Å². The molecule has 0 aliphatic carbocycles. The van der Waals surface area contributed by atoms with Gasteiger partial charge in [0.25, 0.3) is 0 Å². The lowest BCUT2D eigenvalue weighted by atomic mass is 10.7. The molecule has 0 bridgehead atoms. The summed E-state index contributed by atoms with van der Waals surface area (Å²) in [5, 5.41) is 0. The van der Waals surface area contributed by atoms with Gasteiger partial charge in [0.2, 0.25) is 0 Å². The van der Waals surface area contributed by atoms with Gasteiger partial charge in [-0.05, 0) is 6.07 Å². The first-order valence-electron chi connectivity index (χ1n) is 2.00. The summed E-state index contributed by atoms with van der Waals surface area (Å²) < 4.78 is 4.28. The van der Waals surface area contributed by atoms with Gasteiger partial charge in [0.15, 0.2) is 12.9 Å². The van der Waals surface area contributed by atoms with E-state index in [1.165, 1.54) is 0 Å². The van der Waals surface area contributed by atoms with Crippen molar-refractivity contribution in [2.75, 3.05) is 0 Å². The van der Waals surface area contributed by atoms with Gasteiger partial charge in [-0.2, -0.15) is 0 Å². The molecule has 0 N–H and O–H groups in total. The van der Waals surface area contributed by atoms with Crippen LogP contribution in [0.15, 0.2) is 18.5 Å². The first kappa shape index (κ1) is 5.37. The molecular formula is C4H3N2OS. The van der Waals surface area contributed by atoms with E-state index in [0.717, 1.165) is 0 Å². The maximum Gasteiger partial charge on any atom is 0.329 e. The highest BCUT2D eigenvalue weighted by molar-refractivity contribution is 7.75. The Hall–Kier alpha value is -0.770. The van der Waals surface area contributed by atoms with E-state index in [2.05, 4.69) is 27.1 Å². The molecule has 1 aromatic rings. The predicted molar refractivity (Wildman–Crippen MR) is 30.3 cm³/mol. The summed E-state index contributed by atoms with van der Waals surface area (Å²) in [6.07, 6.45) is 3.13. The van der Waals surface area contributed by atoms with Crippen LogP contribution < -0.4 is 4.18 Å². The van der Waals surface area contributed by atoms with Crippen LogP contribution >= 0.6 is 12.9 Å². The molecule has 0 amide bonds. The molecule has 0 aliphatic rings. The van der Waals surface area contributed by atoms with Crippen LogP contribution in [-0.4, -0.2) is 9.97 Å². The molecule has 0 aromatic carbocycles. The summed E-state index contributed by atoms with van der Waals surface area (Å²) in [4.78, 5) is 7.32. The van der Waals surface area contributed by atoms with Crippen LogP contribution in [0.25, 0.3) is 0 Å². The lowest BCUT2D eigenvalue weighted by molar-refractivity contribution is 0.594. The van der Waals surface area contributed by atoms with Gasteiger partial charge in [-0.3, -0.25) is 0 Å². The second-order valence-electron chi connectivity index (χ2n) is 1.11. The van der Waals surface area contributed by atoms with Crippen LogP contribution in [0.5, 0.6) is 6.01 Å². The number of rotatable bonds is 1. The first-order chi connectivity index (χ1) is 3.93. The van der Waals surface area contributed by atoms with E-state index < -0.39 is 0 Å². The van der Waals surface area contributed by atoms with Crippen LogP contribution in [0.4, 0.5) is 0 Å². The zero-order valence-electron chi connectivity index (χ0n) is 3.94. The second kappa shape index (κ2) is 2.52. The van der Waals surface area contributed by atoms with Crippen molar-refractivity contribution in [3.05, 3.63) is 18.5 Å². The largest absolute Gasteiger partial charge is 0.374 e. The Labute approximate surface area is 52.3 Å². The molecule has 0 saturated heterocycles. The van der Waals surface area contributed by atoms with Crippen LogP contribution in [0.2, 0.25) is 0 Å². The molecule has 0 unspecified atom stereocenters. The zero-order chi connectivity index (χ0) is 5.82. The number of hydrogen-bond acceptors (Lipinski definition) is 3. The molecule has 4 heteroatoms. The van der Waals surface area contributed by atoms with Crippen molar-refractivity contribution in [1.82, 2.24) is 9.97 Å². The smallest absolute Gasteiger partial charge is 0.329 e. The van der Waals surface area contributed by atoms with Gasteiger partial charge in [-0.25, -0.2) is 9.97 Å². The van der Waals surface area contributed by atoms with Crippen molar-refractivity contribution >= 4 is 12.9 Å². The van der Waals surface area contributed by atoms with Crippen molar-refractivity contribution in [2.45, 2.75) is 0 Å². The minimum Gasteiger partial charge on any atom is -0.374 e. The van der Waals surface area contributed by atoms with Gasteiger partial charge < -0.3 is 4.18 Å². The van der Waals surface area contributed by atoms with E-state index in [1.54, 1.807) is 18.5 Å². The Bertz CT molecular complexity index is 155. The molecule has 1 heterocycles. The first-order valence-corrected chi connectivity index (χ1v) is 2.33. The third-order valence-electron chi connectivity index (χ3n) is 0.617. The summed E-state index contributed by atoms with van der Waals surface area (Å²) in [6.45, 7) is 0. The molecule has 1 rings (SSSR count). The second-order valence-corrected chi connectivity index (χ2v) is 1.28. The summed E-state index contributed by atoms with van der Waals surface area (Å²) in [7, 11) is 0. The Morgan fingerprint density at radius 3 is 2.38 bits per heavy atom. The molecule has 3 nitrogen and oxygen atoms in total. The lowest BCUT2D eigenvalue weighted by Gasteiger charge is -1.87. The molecule has 0 aliphatic heterocycles. The van der Waals surface area contributed by atoms with Crippen molar-refractivity contribution in [2.24, 2.45) is 0 Å². The van der Waals surface area contributed by atoms with E-state index in [0.29, 0.717) is 0 Å². The number of hydrogen-bond donors (Lipinski definition) is 0. The highest BCUT2D eigenvalue weighted by Gasteiger charge is 1.86. The summed E-state index contributed by atoms with van der Waals surface area (Å²) >= 11 is 4.19. The van der Waals surface area contributed by atoms with Crippen LogP contribution in [0.1, 0.15) is 0 Å². The molecule has 1 radical (unpaired) electrons. The third-order valence-corrected chi connectivity index (χ3v) is 0.766. The van der Waals surface area contributed by atoms with E-state index in [9.17, 15) is 0 Å². The maximum atomic E-state index is 4.28. The average Bonchev–Trinajstić information content (AvgIpc) is 1.90. The fourth-order valence-electron chi connectivity index (χ4n) is 0.328. The Morgan fingerprint density at radius 1 is 1.38 bits per heavy atom. The van der Waals surface area contributed by atoms with E-state index in [-0.39, 0.29) is 6.01 Å². The number of nitrogens with zero attached hydrogens (tertiary/aromatic N) is 2. The van der Waals surface area contributed by atoms with Gasteiger partial charge in [0.1, 0.15) is 0 Å². The quantitative estimate of drug-likeness (QED) is 0.563. The molecule has 0 fully saturated rings. The topological polar surface area (TPSA) is 35.0 Å². The molecule has 0 saturated carbocycles. The Balaban J connectivity index is 2.83. The summed E-state index contributed by atoms with van der Waals surface area (Å²) in [6, 6.07) is 1.92. The van der Waals surface area contributed by atoms with Gasteiger partial charge >= 0.3 is 6.01 Å². The zero-order valence-corrected chi connectivity index (χ0v) is 4.76. The Morgan fingerprint density at radius 2 is 2.00 bits per heavy atom. The fourth-order valence-corrected chi connectivity index (χ4v) is 0.415. The van der Waals surface area contributed by atoms with E-state index in [4.69, 9.17) is 0 Å². The number of aromatic nitrogens is 2. The van der Waals surface area contributed by atoms with Gasteiger partial charge in [-0.15, -0.1) is 0 Å². The van der Waals surface area contributed by atoms with Crippen molar-refractivity contribution in [3.8, 4) is 6.01 Å². The SMILES string of the molecule is [S]Oc1ncccn1. The highest BCUT2D eigenvalue weighted by Crippen LogP contribution is 1.97. The summed E-state index contributed by atoms with van der Waals surface area (Å²) in [5.41, 5.74) is 0. The van der Waals surface area contributed by atoms with Crippen LogP contribution in [0, 0.1) is 0 Å². The summed E-state index contributed by atoms with van der Waals surface area (Å²) in [5.74, 6) is 0. The van der Waals surface area contributed by atoms with Crippen molar-refractivity contribution < 1.29 is 4.18 Å². The Kier molecular flexibility index (Phi) is 1.69. The van der Waals surface area contributed by atoms with E-state index in [1.807, 2.05) is 0 Å². The van der Waals surface area contributed by atoms with Crippen molar-refractivity contribution in [3.63, 3.8) is 0 Å². The molecule has 0 spiro atoms. The van der Waals surface area contributed by atoms with Crippen LogP contribution in [0.3, 0.4) is 0 Å². The third kappa shape index (κ3) is 1.10. The lowest BCUT2D eigenvalue weighted by Crippen LogP contribution is -1.82. The van der Waals surface area contributed by atoms with E-state index >= 15 is 0 Å². The normalized spacial score (nSPS) is 8.62. The monoisotopic (exact) mass is 127 g/mol. The minimum absolute atomic E-state index is 0.225. The standard InChI is InChI=1S/C4H3N2OS/c8-7-4-5-2-1-3-6-4/h1-3H. The minimum atomic E-state index is 0.225. The maximum absolute atomic E-state index is 4.28. The molecule has 1 aromatic heterocycles. The molecule has 41 valence electrons. The van der Waals surface area contributed by atoms with Gasteiger partial charge in [0, 0.05) is 12.4 Å². The molecular weight excluding hydrogens is 124 g/mol. The average molecular weight is 127 g/mol. The fraction of sp³-hybridized carbons (Fsp3) is 0. The highest BCUT2D eigenvalue weighted by atomic mass is 32.1. The molecule has 8 heavy (non-hydrogen) atoms. The van der Waals surface area contributed by atoms with Gasteiger partial charge in [0.05, 0.1) is 0 Å².